The molecule has 7 saturated heterocycles. The summed E-state index contributed by atoms with van der Waals surface area (Å²) in [6, 6.07) is -0.211. The summed E-state index contributed by atoms with van der Waals surface area (Å²) in [5.41, 5.74) is -0.922. The van der Waals surface area contributed by atoms with E-state index in [0.717, 1.165) is 39.1 Å². The van der Waals surface area contributed by atoms with Crippen LogP contribution in [0.1, 0.15) is 82.1 Å². The zero-order valence-electron chi connectivity index (χ0n) is 33.0. The molecule has 0 radical (unpaired) electrons. The van der Waals surface area contributed by atoms with Gasteiger partial charge in [-0.2, -0.15) is 0 Å². The van der Waals surface area contributed by atoms with Gasteiger partial charge in [-0.3, -0.25) is 33.9 Å². The summed E-state index contributed by atoms with van der Waals surface area (Å²) in [4.78, 5) is 54.7. The molecular formula is C38H64N4O10. The van der Waals surface area contributed by atoms with Crippen LogP contribution in [0.3, 0.4) is 0 Å². The molecule has 0 aromatic carbocycles. The number of fused-ring (bicyclic) bond motifs is 6. The first-order valence-corrected chi connectivity index (χ1v) is 19.5. The number of likely N-dealkylation sites (N-methyl/N-ethyl adjacent to an activating group) is 2. The van der Waals surface area contributed by atoms with Crippen molar-refractivity contribution in [1.82, 2.24) is 20.0 Å². The van der Waals surface area contributed by atoms with Crippen LogP contribution in [0.2, 0.25) is 0 Å². The smallest absolute Gasteiger partial charge is 0.259 e. The SMILES string of the molecule is CC(C)OCC1CO1.CCN1C(=O)[C@H]2[C@H](O[C@@]3(C)C[C@H](C)CN(CC(O)COC(C)C)[C@@H]23)C1=O.CCN1C(=O)[C@H]2[C@H](O[C@@]3(C)C[C@H](C)CN[C@@H]23)C1=O. The number of aliphatic hydroxyl groups is 1. The molecule has 7 rings (SSSR count). The molecule has 0 aliphatic carbocycles. The van der Waals surface area contributed by atoms with E-state index in [1.165, 1.54) is 9.80 Å². The van der Waals surface area contributed by atoms with Crippen molar-refractivity contribution in [3.05, 3.63) is 0 Å². The number of amides is 4. The van der Waals surface area contributed by atoms with Crippen molar-refractivity contribution in [3.63, 3.8) is 0 Å². The number of hydrogen-bond donors (Lipinski definition) is 2. The molecule has 0 aromatic heterocycles. The van der Waals surface area contributed by atoms with Crippen molar-refractivity contribution in [2.45, 2.75) is 142 Å². The van der Waals surface area contributed by atoms with Crippen LogP contribution in [0.15, 0.2) is 0 Å². The maximum absolute atomic E-state index is 12.9. The highest BCUT2D eigenvalue weighted by Gasteiger charge is 2.66. The second-order valence-corrected chi connectivity index (χ2v) is 16.9. The number of β-amino-alcohol motifs (C(OH)–C–C–N with tert-alkyl or cyclic N) is 1. The summed E-state index contributed by atoms with van der Waals surface area (Å²) in [6.45, 7) is 24.7. The summed E-state index contributed by atoms with van der Waals surface area (Å²) in [5, 5.41) is 13.8. The first-order chi connectivity index (χ1) is 24.4. The van der Waals surface area contributed by atoms with Crippen molar-refractivity contribution in [1.29, 1.82) is 0 Å². The third kappa shape index (κ3) is 8.44. The van der Waals surface area contributed by atoms with Crippen LogP contribution in [0, 0.1) is 23.7 Å². The second kappa shape index (κ2) is 16.4. The number of ether oxygens (including phenoxy) is 5. The Kier molecular flexibility index (Phi) is 12.9. The highest BCUT2D eigenvalue weighted by molar-refractivity contribution is 6.08. The molecule has 2 N–H and O–H groups in total. The van der Waals surface area contributed by atoms with E-state index in [-0.39, 0.29) is 59.9 Å². The van der Waals surface area contributed by atoms with Gasteiger partial charge in [-0.1, -0.05) is 13.8 Å². The first-order valence-electron chi connectivity index (χ1n) is 19.5. The van der Waals surface area contributed by atoms with Gasteiger partial charge in [-0.25, -0.2) is 0 Å². The number of carbonyl (C=O) groups is 4. The summed E-state index contributed by atoms with van der Waals surface area (Å²) in [6.07, 6.45) is 0.648. The zero-order valence-corrected chi connectivity index (χ0v) is 33.0. The van der Waals surface area contributed by atoms with Gasteiger partial charge in [-0.15, -0.1) is 0 Å². The van der Waals surface area contributed by atoms with Crippen LogP contribution in [-0.2, 0) is 42.9 Å². The van der Waals surface area contributed by atoms with E-state index in [2.05, 4.69) is 24.1 Å². The van der Waals surface area contributed by atoms with Gasteiger partial charge in [0, 0.05) is 26.2 Å². The topological polar surface area (TPSA) is 160 Å². The van der Waals surface area contributed by atoms with Crippen molar-refractivity contribution in [2.24, 2.45) is 23.7 Å². The van der Waals surface area contributed by atoms with Crippen molar-refractivity contribution < 1.29 is 48.0 Å². The maximum atomic E-state index is 12.9. The average Bonchev–Trinajstić information content (AvgIpc) is 3.64. The van der Waals surface area contributed by atoms with Gasteiger partial charge >= 0.3 is 0 Å². The maximum Gasteiger partial charge on any atom is 0.259 e. The van der Waals surface area contributed by atoms with Crippen LogP contribution in [-0.4, -0.2) is 156 Å². The quantitative estimate of drug-likeness (QED) is 0.247. The Hall–Kier alpha value is -2.04. The van der Waals surface area contributed by atoms with E-state index in [1.807, 2.05) is 55.4 Å². The van der Waals surface area contributed by atoms with E-state index in [9.17, 15) is 24.3 Å². The molecule has 14 nitrogen and oxygen atoms in total. The van der Waals surface area contributed by atoms with Crippen molar-refractivity contribution >= 4 is 23.6 Å². The predicted octanol–water partition coefficient (Wildman–Crippen LogP) is 1.60. The number of carbonyl (C=O) groups excluding carboxylic acids is 4. The van der Waals surface area contributed by atoms with Gasteiger partial charge in [0.05, 0.1) is 73.3 Å². The summed E-state index contributed by atoms with van der Waals surface area (Å²) < 4.78 is 27.9. The first kappa shape index (κ1) is 41.1. The Morgan fingerprint density at radius 3 is 1.92 bits per heavy atom. The predicted molar refractivity (Wildman–Crippen MR) is 191 cm³/mol. The van der Waals surface area contributed by atoms with Crippen molar-refractivity contribution in [2.75, 3.05) is 52.5 Å². The van der Waals surface area contributed by atoms with Crippen LogP contribution < -0.4 is 5.32 Å². The molecule has 0 bridgehead atoms. The van der Waals surface area contributed by atoms with Crippen LogP contribution in [0.4, 0.5) is 0 Å². The van der Waals surface area contributed by atoms with E-state index < -0.39 is 29.8 Å². The highest BCUT2D eigenvalue weighted by atomic mass is 16.6. The molecule has 0 spiro atoms. The largest absolute Gasteiger partial charge is 0.389 e. The average molecular weight is 737 g/mol. The molecule has 7 aliphatic rings. The lowest BCUT2D eigenvalue weighted by molar-refractivity contribution is -0.154. The molecule has 7 heterocycles. The fourth-order valence-corrected chi connectivity index (χ4v) is 9.36. The van der Waals surface area contributed by atoms with Gasteiger partial charge in [0.1, 0.15) is 6.10 Å². The molecule has 14 heteroatoms. The number of nitrogens with zero attached hydrogens (tertiary/aromatic N) is 3. The molecule has 12 atom stereocenters. The number of imide groups is 2. The zero-order chi connectivity index (χ0) is 38.3. The summed E-state index contributed by atoms with van der Waals surface area (Å²) in [7, 11) is 0. The number of epoxide rings is 1. The monoisotopic (exact) mass is 736 g/mol. The van der Waals surface area contributed by atoms with Gasteiger partial charge in [-0.05, 0) is 86.6 Å². The minimum atomic E-state index is -0.686. The molecule has 7 fully saturated rings. The van der Waals surface area contributed by atoms with Gasteiger partial charge < -0.3 is 34.1 Å². The van der Waals surface area contributed by atoms with E-state index in [1.54, 1.807) is 0 Å². The number of rotatable bonds is 10. The molecule has 0 aromatic rings. The van der Waals surface area contributed by atoms with E-state index >= 15 is 0 Å². The Morgan fingerprint density at radius 2 is 1.37 bits per heavy atom. The van der Waals surface area contributed by atoms with Crippen LogP contribution in [0.5, 0.6) is 0 Å². The standard InChI is InChI=1S/C19H32N2O5.C13H20N2O3.C6H12O2/c1-6-21-17(23)14-15(18(21)24)26-19(5)7-12(4)8-20(16(14)19)9-13(22)10-25-11(2)3;1-4-15-11(16)8-9(12(15)17)18-13(3)5-7(2)6-14-10(8)13;1-5(2)7-3-6-4-8-6/h11-16,22H,6-10H2,1-5H3;7-10,14H,4-6H2,1-3H3;5-6H,3-4H2,1-2H3/t12-,13?,14-,15-,16-,19-;7-,8-,9-,10-,13-;/m00./s1. The van der Waals surface area contributed by atoms with E-state index in [4.69, 9.17) is 23.7 Å². The molecule has 7 aliphatic heterocycles. The molecule has 52 heavy (non-hydrogen) atoms. The Labute approximate surface area is 309 Å². The fraction of sp³-hybridized carbons (Fsp3) is 0.895. The lowest BCUT2D eigenvalue weighted by Gasteiger charge is -2.48. The van der Waals surface area contributed by atoms with Gasteiger partial charge in [0.25, 0.3) is 11.8 Å². The van der Waals surface area contributed by atoms with Crippen molar-refractivity contribution in [3.8, 4) is 0 Å². The number of hydrogen-bond acceptors (Lipinski definition) is 12. The molecule has 296 valence electrons. The van der Waals surface area contributed by atoms with E-state index in [0.29, 0.717) is 43.7 Å². The van der Waals surface area contributed by atoms with Gasteiger partial charge in [0.2, 0.25) is 11.8 Å². The molecule has 4 amide bonds. The summed E-state index contributed by atoms with van der Waals surface area (Å²) >= 11 is 0. The lowest BCUT2D eigenvalue weighted by atomic mass is 9.77. The second-order valence-electron chi connectivity index (χ2n) is 16.9. The van der Waals surface area contributed by atoms with Crippen LogP contribution >= 0.6 is 0 Å². The normalized spacial score (nSPS) is 39.9. The fourth-order valence-electron chi connectivity index (χ4n) is 9.36. The molecular weight excluding hydrogens is 672 g/mol. The number of likely N-dealkylation sites (tertiary alicyclic amines) is 3. The highest BCUT2D eigenvalue weighted by Crippen LogP contribution is 2.49. The Morgan fingerprint density at radius 1 is 0.827 bits per heavy atom. The molecule has 2 unspecified atom stereocenters. The number of nitrogens with one attached hydrogen (secondary N) is 1. The molecule has 0 saturated carbocycles. The minimum absolute atomic E-state index is 0.0216. The summed E-state index contributed by atoms with van der Waals surface area (Å²) in [5.74, 6) is -0.495. The number of aliphatic hydroxyl groups excluding tert-OH is 1. The minimum Gasteiger partial charge on any atom is -0.389 e. The third-order valence-electron chi connectivity index (χ3n) is 11.4. The van der Waals surface area contributed by atoms with Gasteiger partial charge in [0.15, 0.2) is 12.2 Å². The Bertz CT molecular complexity index is 1310. The lowest BCUT2D eigenvalue weighted by Crippen LogP contribution is -2.60. The Balaban J connectivity index is 0.000000172. The number of piperidine rings is 2. The third-order valence-corrected chi connectivity index (χ3v) is 11.4. The van der Waals surface area contributed by atoms with Crippen LogP contribution in [0.25, 0.3) is 0 Å².